The summed E-state index contributed by atoms with van der Waals surface area (Å²) in [5, 5.41) is 0. The molecule has 0 aliphatic rings. The molecule has 6 heteroatoms. The van der Waals surface area contributed by atoms with Gasteiger partial charge in [-0.05, 0) is 29.8 Å². The first-order valence-corrected chi connectivity index (χ1v) is 8.10. The first kappa shape index (κ1) is 15.5. The van der Waals surface area contributed by atoms with Crippen molar-refractivity contribution in [3.05, 3.63) is 54.1 Å². The molecule has 0 radical (unpaired) electrons. The fraction of sp³-hybridized carbons (Fsp3) is 0.200. The highest BCUT2D eigenvalue weighted by Gasteiger charge is 2.18. The van der Waals surface area contributed by atoms with Crippen LogP contribution in [0.2, 0.25) is 0 Å². The second-order valence-corrected chi connectivity index (χ2v) is 6.14. The number of ether oxygens (including phenoxy) is 1. The van der Waals surface area contributed by atoms with Gasteiger partial charge in [-0.1, -0.05) is 31.2 Å². The zero-order valence-corrected chi connectivity index (χ0v) is 12.6. The van der Waals surface area contributed by atoms with Crippen molar-refractivity contribution < 1.29 is 13.2 Å². The normalized spacial score (nSPS) is 11.3. The number of hydrogen-bond acceptors (Lipinski definition) is 4. The third-order valence-electron chi connectivity index (χ3n) is 2.83. The van der Waals surface area contributed by atoms with Gasteiger partial charge < -0.3 is 10.5 Å². The zero-order valence-electron chi connectivity index (χ0n) is 11.7. The maximum Gasteiger partial charge on any atom is 0.244 e. The Kier molecular flexibility index (Phi) is 4.95. The van der Waals surface area contributed by atoms with Gasteiger partial charge in [-0.15, -0.1) is 0 Å². The number of benzene rings is 2. The Balaban J connectivity index is 2.36. The summed E-state index contributed by atoms with van der Waals surface area (Å²) >= 11 is 0. The minimum atomic E-state index is -3.58. The Labute approximate surface area is 124 Å². The van der Waals surface area contributed by atoms with Crippen LogP contribution in [0.3, 0.4) is 0 Å². The third-order valence-corrected chi connectivity index (χ3v) is 4.42. The Morgan fingerprint density at radius 1 is 1.14 bits per heavy atom. The number of sulfonamides is 1. The van der Waals surface area contributed by atoms with Gasteiger partial charge in [0.2, 0.25) is 10.0 Å². The summed E-state index contributed by atoms with van der Waals surface area (Å²) in [6.07, 6.45) is 0. The molecule has 0 aliphatic heterocycles. The maximum atomic E-state index is 12.2. The number of rotatable bonds is 6. The topological polar surface area (TPSA) is 81.4 Å². The summed E-state index contributed by atoms with van der Waals surface area (Å²) < 4.78 is 32.5. The first-order valence-electron chi connectivity index (χ1n) is 6.62. The Hall–Kier alpha value is -1.89. The molecule has 0 aliphatic carbocycles. The van der Waals surface area contributed by atoms with E-state index in [0.29, 0.717) is 18.8 Å². The van der Waals surface area contributed by atoms with E-state index in [1.165, 1.54) is 6.07 Å². The second-order valence-electron chi connectivity index (χ2n) is 4.40. The van der Waals surface area contributed by atoms with Crippen molar-refractivity contribution in [2.24, 2.45) is 5.73 Å². The van der Waals surface area contributed by atoms with Gasteiger partial charge in [0.25, 0.3) is 0 Å². The Bertz CT molecular complexity index is 714. The van der Waals surface area contributed by atoms with Gasteiger partial charge in [-0.3, -0.25) is 0 Å². The van der Waals surface area contributed by atoms with E-state index in [4.69, 9.17) is 10.5 Å². The van der Waals surface area contributed by atoms with E-state index < -0.39 is 10.0 Å². The van der Waals surface area contributed by atoms with Crippen molar-refractivity contribution in [1.82, 2.24) is 4.72 Å². The number of nitrogens with two attached hydrogens (primary N) is 1. The van der Waals surface area contributed by atoms with E-state index in [2.05, 4.69) is 4.72 Å². The molecule has 2 aromatic carbocycles. The maximum absolute atomic E-state index is 12.2. The van der Waals surface area contributed by atoms with Crippen LogP contribution in [-0.4, -0.2) is 15.0 Å². The fourth-order valence-electron chi connectivity index (χ4n) is 1.89. The van der Waals surface area contributed by atoms with E-state index in [1.54, 1.807) is 37.3 Å². The van der Waals surface area contributed by atoms with E-state index in [1.807, 2.05) is 12.1 Å². The van der Waals surface area contributed by atoms with Crippen LogP contribution in [0.1, 0.15) is 12.5 Å². The van der Waals surface area contributed by atoms with Gasteiger partial charge in [0.05, 0.1) is 0 Å². The van der Waals surface area contributed by atoms with E-state index in [0.717, 1.165) is 5.56 Å². The smallest absolute Gasteiger partial charge is 0.244 e. The molecule has 0 bridgehead atoms. The summed E-state index contributed by atoms with van der Waals surface area (Å²) in [7, 11) is -3.58. The molecule has 112 valence electrons. The molecule has 2 aromatic rings. The van der Waals surface area contributed by atoms with Crippen LogP contribution in [0.4, 0.5) is 0 Å². The van der Waals surface area contributed by atoms with Crippen molar-refractivity contribution in [2.75, 3.05) is 6.54 Å². The molecule has 0 aromatic heterocycles. The second kappa shape index (κ2) is 6.71. The molecule has 0 spiro atoms. The molecule has 0 fully saturated rings. The fourth-order valence-corrected chi connectivity index (χ4v) is 3.06. The van der Waals surface area contributed by atoms with Crippen molar-refractivity contribution in [3.63, 3.8) is 0 Å². The quantitative estimate of drug-likeness (QED) is 0.857. The molecule has 0 amide bonds. The first-order chi connectivity index (χ1) is 10.1. The molecule has 0 saturated carbocycles. The van der Waals surface area contributed by atoms with Gasteiger partial charge in [0.15, 0.2) is 0 Å². The Morgan fingerprint density at radius 2 is 1.90 bits per heavy atom. The Morgan fingerprint density at radius 3 is 2.62 bits per heavy atom. The molecule has 5 nitrogen and oxygen atoms in total. The van der Waals surface area contributed by atoms with Crippen molar-refractivity contribution >= 4 is 10.0 Å². The van der Waals surface area contributed by atoms with Crippen LogP contribution in [0.15, 0.2) is 53.4 Å². The van der Waals surface area contributed by atoms with Gasteiger partial charge in [-0.25, -0.2) is 13.1 Å². The van der Waals surface area contributed by atoms with Gasteiger partial charge >= 0.3 is 0 Å². The van der Waals surface area contributed by atoms with Crippen LogP contribution in [0.25, 0.3) is 0 Å². The summed E-state index contributed by atoms with van der Waals surface area (Å²) in [6, 6.07) is 13.8. The van der Waals surface area contributed by atoms with Gasteiger partial charge in [0.1, 0.15) is 16.4 Å². The molecular formula is C15H18N2O3S. The molecular weight excluding hydrogens is 288 g/mol. The monoisotopic (exact) mass is 306 g/mol. The number of hydrogen-bond donors (Lipinski definition) is 2. The van der Waals surface area contributed by atoms with Crippen molar-refractivity contribution in [2.45, 2.75) is 18.4 Å². The molecule has 3 N–H and O–H groups in total. The predicted octanol–water partition coefficient (Wildman–Crippen LogP) is 2.24. The summed E-state index contributed by atoms with van der Waals surface area (Å²) in [6.45, 7) is 2.44. The lowest BCUT2D eigenvalue weighted by atomic mass is 10.2. The summed E-state index contributed by atoms with van der Waals surface area (Å²) in [5.74, 6) is 0.838. The van der Waals surface area contributed by atoms with Gasteiger partial charge in [-0.2, -0.15) is 0 Å². The average molecular weight is 306 g/mol. The SMILES string of the molecule is CCNS(=O)(=O)c1ccccc1Oc1cccc(CN)c1. The largest absolute Gasteiger partial charge is 0.456 e. The van der Waals surface area contributed by atoms with Crippen LogP contribution >= 0.6 is 0 Å². The van der Waals surface area contributed by atoms with Crippen LogP contribution < -0.4 is 15.2 Å². The van der Waals surface area contributed by atoms with Crippen LogP contribution in [0, 0.1) is 0 Å². The lowest BCUT2D eigenvalue weighted by Gasteiger charge is -2.12. The minimum Gasteiger partial charge on any atom is -0.456 e. The lowest BCUT2D eigenvalue weighted by Crippen LogP contribution is -2.23. The molecule has 21 heavy (non-hydrogen) atoms. The highest BCUT2D eigenvalue weighted by molar-refractivity contribution is 7.89. The minimum absolute atomic E-state index is 0.116. The van der Waals surface area contributed by atoms with Crippen LogP contribution in [0.5, 0.6) is 11.5 Å². The summed E-state index contributed by atoms with van der Waals surface area (Å²) in [5.41, 5.74) is 6.51. The standard InChI is InChI=1S/C15H18N2O3S/c1-2-17-21(18,19)15-9-4-3-8-14(15)20-13-7-5-6-12(10-13)11-16/h3-10,17H,2,11,16H2,1H3. The third kappa shape index (κ3) is 3.81. The van der Waals surface area contributed by atoms with Crippen molar-refractivity contribution in [1.29, 1.82) is 0 Å². The highest BCUT2D eigenvalue weighted by Crippen LogP contribution is 2.28. The molecule has 0 atom stereocenters. The van der Waals surface area contributed by atoms with E-state index in [-0.39, 0.29) is 10.6 Å². The lowest BCUT2D eigenvalue weighted by molar-refractivity contribution is 0.466. The molecule has 2 rings (SSSR count). The van der Waals surface area contributed by atoms with Gasteiger partial charge in [0, 0.05) is 13.1 Å². The molecule has 0 unspecified atom stereocenters. The van der Waals surface area contributed by atoms with E-state index >= 15 is 0 Å². The molecule has 0 heterocycles. The number of nitrogens with one attached hydrogen (secondary N) is 1. The average Bonchev–Trinajstić information content (AvgIpc) is 2.48. The van der Waals surface area contributed by atoms with Crippen LogP contribution in [-0.2, 0) is 16.6 Å². The zero-order chi connectivity index (χ0) is 15.3. The van der Waals surface area contributed by atoms with Crippen molar-refractivity contribution in [3.8, 4) is 11.5 Å². The summed E-state index contributed by atoms with van der Waals surface area (Å²) in [4.78, 5) is 0.116. The molecule has 0 saturated heterocycles. The highest BCUT2D eigenvalue weighted by atomic mass is 32.2. The number of para-hydroxylation sites is 1. The predicted molar refractivity (Wildman–Crippen MR) is 81.7 cm³/mol. The van der Waals surface area contributed by atoms with E-state index in [9.17, 15) is 8.42 Å².